The summed E-state index contributed by atoms with van der Waals surface area (Å²) in [6, 6.07) is 13.1. The fourth-order valence-corrected chi connectivity index (χ4v) is 6.08. The molecule has 2 aliphatic rings. The summed E-state index contributed by atoms with van der Waals surface area (Å²) in [7, 11) is 1.61. The van der Waals surface area contributed by atoms with Gasteiger partial charge in [-0.25, -0.2) is 9.80 Å². The average Bonchev–Trinajstić information content (AvgIpc) is 2.97. The number of rotatable bonds is 12. The highest BCUT2D eigenvalue weighted by Gasteiger charge is 2.30. The molecule has 2 aromatic rings. The highest BCUT2D eigenvalue weighted by molar-refractivity contribution is 7.99. The molecule has 1 atom stereocenters. The van der Waals surface area contributed by atoms with Crippen molar-refractivity contribution in [3.8, 4) is 11.5 Å². The fourth-order valence-electron chi connectivity index (χ4n) is 5.11. The van der Waals surface area contributed by atoms with Crippen LogP contribution >= 0.6 is 11.8 Å². The molecule has 10 heteroatoms. The summed E-state index contributed by atoms with van der Waals surface area (Å²) in [6.45, 7) is 8.30. The van der Waals surface area contributed by atoms with Crippen molar-refractivity contribution in [1.29, 1.82) is 0 Å². The Hall–Kier alpha value is -3.24. The second-order valence-electron chi connectivity index (χ2n) is 9.95. The maximum atomic E-state index is 13.0. The molecule has 0 aliphatic carbocycles. The Labute approximate surface area is 241 Å². The van der Waals surface area contributed by atoms with Gasteiger partial charge in [0.1, 0.15) is 0 Å². The number of hydrazone groups is 1. The molecular weight excluding hydrogens is 528 g/mol. The summed E-state index contributed by atoms with van der Waals surface area (Å²) in [6.07, 6.45) is 1.00. The maximum absolute atomic E-state index is 13.0. The Kier molecular flexibility index (Phi) is 10.7. The monoisotopic (exact) mass is 568 g/mol. The minimum Gasteiger partial charge on any atom is -0.493 e. The van der Waals surface area contributed by atoms with Crippen molar-refractivity contribution in [2.75, 3.05) is 56.3 Å². The minimum absolute atomic E-state index is 0.0156. The van der Waals surface area contributed by atoms with Crippen molar-refractivity contribution >= 4 is 35.2 Å². The molecule has 0 aromatic heterocycles. The molecule has 0 radical (unpaired) electrons. The lowest BCUT2D eigenvalue weighted by Crippen LogP contribution is -2.37. The molecule has 1 fully saturated rings. The number of ether oxygens (including phenoxy) is 2. The number of hydrogen-bond donors (Lipinski definition) is 1. The van der Waals surface area contributed by atoms with Gasteiger partial charge in [-0.3, -0.25) is 9.69 Å². The van der Waals surface area contributed by atoms with Crippen molar-refractivity contribution in [1.82, 2.24) is 9.91 Å². The molecule has 0 spiro atoms. The first kappa shape index (κ1) is 29.7. The first-order valence-corrected chi connectivity index (χ1v) is 15.2. The number of hydrogen-bond acceptors (Lipinski definition) is 7. The van der Waals surface area contributed by atoms with E-state index in [0.717, 1.165) is 60.8 Å². The normalized spacial score (nSPS) is 17.9. The Morgan fingerprint density at radius 1 is 1.12 bits per heavy atom. The van der Waals surface area contributed by atoms with Gasteiger partial charge < -0.3 is 19.5 Å². The van der Waals surface area contributed by atoms with E-state index in [0.29, 0.717) is 43.3 Å². The van der Waals surface area contributed by atoms with Crippen LogP contribution in [0, 0.1) is 5.92 Å². The molecule has 2 aromatic carbocycles. The van der Waals surface area contributed by atoms with Crippen molar-refractivity contribution in [3.63, 3.8) is 0 Å². The van der Waals surface area contributed by atoms with Crippen LogP contribution in [0.15, 0.2) is 47.6 Å². The number of carboxylic acid groups (broad SMARTS) is 1. The van der Waals surface area contributed by atoms with E-state index in [1.54, 1.807) is 7.11 Å². The zero-order valence-corrected chi connectivity index (χ0v) is 24.5. The number of thioether (sulfide) groups is 1. The third-order valence-corrected chi connectivity index (χ3v) is 8.29. The SMILES string of the molecule is CCOc1cc(C2=NN(Cc3ccc(N(CCCN4CCSCC4)C(=O)O)cc3)C(=O)CC2CC)ccc1OC. The standard InChI is InChI=1S/C30H40N4O5S/c1-4-23-20-28(35)34(31-29(23)24-9-12-26(38-3)27(19-24)39-5-2)21-22-7-10-25(11-8-22)33(30(36)37)14-6-13-32-15-17-40-18-16-32/h7-12,19,23H,4-6,13-18,20-21H2,1-3H3,(H,36,37). The van der Waals surface area contributed by atoms with Crippen LogP contribution < -0.4 is 14.4 Å². The third kappa shape index (κ3) is 7.48. The summed E-state index contributed by atoms with van der Waals surface area (Å²) >= 11 is 1.97. The lowest BCUT2D eigenvalue weighted by Gasteiger charge is -2.29. The van der Waals surface area contributed by atoms with Crippen molar-refractivity contribution in [3.05, 3.63) is 53.6 Å². The van der Waals surface area contributed by atoms with Crippen molar-refractivity contribution in [2.45, 2.75) is 39.7 Å². The molecule has 2 aliphatic heterocycles. The van der Waals surface area contributed by atoms with E-state index in [9.17, 15) is 14.7 Å². The molecule has 4 rings (SSSR count). The summed E-state index contributed by atoms with van der Waals surface area (Å²) < 4.78 is 11.2. The number of benzene rings is 2. The molecule has 40 heavy (non-hydrogen) atoms. The molecule has 1 unspecified atom stereocenters. The molecule has 0 saturated carbocycles. The number of carbonyl (C=O) groups is 2. The Morgan fingerprint density at radius 2 is 1.88 bits per heavy atom. The second kappa shape index (κ2) is 14.4. The van der Waals surface area contributed by atoms with Gasteiger partial charge in [0, 0.05) is 54.7 Å². The van der Waals surface area contributed by atoms with Gasteiger partial charge in [0.25, 0.3) is 0 Å². The van der Waals surface area contributed by atoms with E-state index in [1.807, 2.05) is 61.2 Å². The van der Waals surface area contributed by atoms with Gasteiger partial charge in [-0.2, -0.15) is 16.9 Å². The molecule has 2 amide bonds. The lowest BCUT2D eigenvalue weighted by molar-refractivity contribution is -0.133. The Balaban J connectivity index is 1.46. The molecular formula is C30H40N4O5S. The van der Waals surface area contributed by atoms with E-state index in [2.05, 4.69) is 11.8 Å². The summed E-state index contributed by atoms with van der Waals surface area (Å²) in [5.74, 6) is 3.58. The molecule has 2 heterocycles. The fraction of sp³-hybridized carbons (Fsp3) is 0.500. The van der Waals surface area contributed by atoms with Crippen molar-refractivity contribution in [2.24, 2.45) is 11.0 Å². The van der Waals surface area contributed by atoms with Crippen LogP contribution in [-0.4, -0.2) is 84.1 Å². The van der Waals surface area contributed by atoms with Crippen LogP contribution in [0.5, 0.6) is 11.5 Å². The van der Waals surface area contributed by atoms with Gasteiger partial charge in [0.15, 0.2) is 11.5 Å². The van der Waals surface area contributed by atoms with E-state index in [4.69, 9.17) is 14.6 Å². The van der Waals surface area contributed by atoms with Gasteiger partial charge in [-0.15, -0.1) is 0 Å². The predicted octanol–water partition coefficient (Wildman–Crippen LogP) is 5.18. The van der Waals surface area contributed by atoms with Crippen LogP contribution in [0.1, 0.15) is 44.2 Å². The zero-order valence-electron chi connectivity index (χ0n) is 23.7. The van der Waals surface area contributed by atoms with Gasteiger partial charge in [0.05, 0.1) is 26.0 Å². The smallest absolute Gasteiger partial charge is 0.411 e. The highest BCUT2D eigenvalue weighted by Crippen LogP contribution is 2.32. The van der Waals surface area contributed by atoms with Crippen LogP contribution in [0.4, 0.5) is 10.5 Å². The summed E-state index contributed by atoms with van der Waals surface area (Å²) in [5.41, 5.74) is 3.28. The van der Waals surface area contributed by atoms with Crippen molar-refractivity contribution < 1.29 is 24.2 Å². The predicted molar refractivity (Wildman–Crippen MR) is 160 cm³/mol. The second-order valence-corrected chi connectivity index (χ2v) is 11.2. The first-order valence-electron chi connectivity index (χ1n) is 14.0. The van der Waals surface area contributed by atoms with Gasteiger partial charge in [-0.1, -0.05) is 19.1 Å². The molecule has 1 saturated heterocycles. The van der Waals surface area contributed by atoms with Gasteiger partial charge >= 0.3 is 6.09 Å². The van der Waals surface area contributed by atoms with E-state index in [1.165, 1.54) is 9.91 Å². The lowest BCUT2D eigenvalue weighted by atomic mass is 9.89. The number of amides is 2. The van der Waals surface area contributed by atoms with Gasteiger partial charge in [-0.05, 0) is 62.2 Å². The van der Waals surface area contributed by atoms with E-state index >= 15 is 0 Å². The van der Waals surface area contributed by atoms with E-state index in [-0.39, 0.29) is 11.8 Å². The number of nitrogens with zero attached hydrogens (tertiary/aromatic N) is 4. The number of carbonyl (C=O) groups excluding carboxylic acids is 1. The summed E-state index contributed by atoms with van der Waals surface area (Å²) in [4.78, 5) is 28.8. The van der Waals surface area contributed by atoms with Crippen LogP contribution in [0.25, 0.3) is 0 Å². The molecule has 216 valence electrons. The van der Waals surface area contributed by atoms with Crippen LogP contribution in [0.2, 0.25) is 0 Å². The zero-order chi connectivity index (χ0) is 28.5. The van der Waals surface area contributed by atoms with Crippen LogP contribution in [-0.2, 0) is 11.3 Å². The van der Waals surface area contributed by atoms with E-state index < -0.39 is 6.09 Å². The Morgan fingerprint density at radius 3 is 2.52 bits per heavy atom. The van der Waals surface area contributed by atoms with Crippen LogP contribution in [0.3, 0.4) is 0 Å². The number of methoxy groups -OCH3 is 1. The highest BCUT2D eigenvalue weighted by atomic mass is 32.2. The summed E-state index contributed by atoms with van der Waals surface area (Å²) in [5, 5.41) is 16.1. The average molecular weight is 569 g/mol. The maximum Gasteiger partial charge on any atom is 0.411 e. The Bertz CT molecular complexity index is 1180. The minimum atomic E-state index is -0.959. The molecule has 0 bridgehead atoms. The third-order valence-electron chi connectivity index (χ3n) is 7.35. The molecule has 1 N–H and O–H groups in total. The number of anilines is 1. The topological polar surface area (TPSA) is 94.9 Å². The largest absolute Gasteiger partial charge is 0.493 e. The first-order chi connectivity index (χ1) is 19.4. The quantitative estimate of drug-likeness (QED) is 0.377. The molecule has 9 nitrogen and oxygen atoms in total. The van der Waals surface area contributed by atoms with Gasteiger partial charge in [0.2, 0.25) is 5.91 Å².